The van der Waals surface area contributed by atoms with Crippen LogP contribution >= 0.6 is 0 Å². The van der Waals surface area contributed by atoms with Crippen molar-refractivity contribution in [3.05, 3.63) is 30.3 Å². The maximum absolute atomic E-state index is 14.8. The fourth-order valence-corrected chi connectivity index (χ4v) is 3.54. The summed E-state index contributed by atoms with van der Waals surface area (Å²) in [5.74, 6) is -0.762. The van der Waals surface area contributed by atoms with Crippen LogP contribution in [-0.2, 0) is 4.79 Å². The Balaban J connectivity index is 1.84. The molecule has 2 amide bonds. The first-order chi connectivity index (χ1) is 12.4. The largest absolute Gasteiger partial charge is 0.465 e. The number of benzene rings is 1. The second-order valence-corrected chi connectivity index (χ2v) is 6.89. The normalized spacial score (nSPS) is 19.4. The Morgan fingerprint density at radius 3 is 2.62 bits per heavy atom. The summed E-state index contributed by atoms with van der Waals surface area (Å²) in [6.07, 6.45) is 4.36. The number of anilines is 2. The highest BCUT2D eigenvalue weighted by Gasteiger charge is 2.35. The van der Waals surface area contributed by atoms with Crippen LogP contribution in [-0.4, -0.2) is 39.5 Å². The number of hydrogen-bond acceptors (Lipinski definition) is 3. The summed E-state index contributed by atoms with van der Waals surface area (Å²) < 4.78 is 16.7. The van der Waals surface area contributed by atoms with E-state index >= 15 is 0 Å². The van der Waals surface area contributed by atoms with Crippen LogP contribution in [0.1, 0.15) is 32.7 Å². The predicted octanol–water partition coefficient (Wildman–Crippen LogP) is 3.26. The van der Waals surface area contributed by atoms with Gasteiger partial charge in [0.15, 0.2) is 0 Å². The standard InChI is InChI=1S/C18H19FN4O3/c1-10-8-21(18(25)26)16-5-14(12-7-20-22(9-12)13-3-4-13)15(19)6-17(16)23(10)11(2)24/h5-7,9-10,13H,3-4,8H2,1-2H3,(H,25,26)/t10-/m0/s1. The Morgan fingerprint density at radius 2 is 2.00 bits per heavy atom. The van der Waals surface area contributed by atoms with Crippen LogP contribution < -0.4 is 9.80 Å². The van der Waals surface area contributed by atoms with E-state index in [-0.39, 0.29) is 29.7 Å². The van der Waals surface area contributed by atoms with Crippen LogP contribution in [0.4, 0.5) is 20.6 Å². The molecule has 1 aromatic heterocycles. The molecule has 8 heteroatoms. The van der Waals surface area contributed by atoms with E-state index in [0.717, 1.165) is 17.7 Å². The fourth-order valence-electron chi connectivity index (χ4n) is 3.54. The van der Waals surface area contributed by atoms with Crippen molar-refractivity contribution in [1.29, 1.82) is 0 Å². The van der Waals surface area contributed by atoms with Gasteiger partial charge in [0, 0.05) is 36.9 Å². The number of fused-ring (bicyclic) bond motifs is 1. The smallest absolute Gasteiger partial charge is 0.411 e. The highest BCUT2D eigenvalue weighted by Crippen LogP contribution is 2.41. The molecule has 1 N–H and O–H groups in total. The average molecular weight is 358 g/mol. The van der Waals surface area contributed by atoms with Crippen LogP contribution in [0.3, 0.4) is 0 Å². The number of nitrogens with zero attached hydrogens (tertiary/aromatic N) is 4. The van der Waals surface area contributed by atoms with Crippen LogP contribution in [0.2, 0.25) is 0 Å². The first-order valence-electron chi connectivity index (χ1n) is 8.55. The summed E-state index contributed by atoms with van der Waals surface area (Å²) in [6, 6.07) is 2.73. The van der Waals surface area contributed by atoms with Crippen molar-refractivity contribution in [1.82, 2.24) is 9.78 Å². The van der Waals surface area contributed by atoms with Gasteiger partial charge in [0.05, 0.1) is 29.7 Å². The van der Waals surface area contributed by atoms with Gasteiger partial charge in [0.2, 0.25) is 5.91 Å². The molecule has 2 aromatic rings. The number of carbonyl (C=O) groups excluding carboxylic acids is 1. The zero-order valence-corrected chi connectivity index (χ0v) is 14.5. The van der Waals surface area contributed by atoms with Gasteiger partial charge in [-0.2, -0.15) is 5.10 Å². The second-order valence-electron chi connectivity index (χ2n) is 6.89. The maximum atomic E-state index is 14.8. The average Bonchev–Trinajstić information content (AvgIpc) is 3.30. The summed E-state index contributed by atoms with van der Waals surface area (Å²) in [5, 5.41) is 13.8. The highest BCUT2D eigenvalue weighted by atomic mass is 19.1. The third kappa shape index (κ3) is 2.61. The molecule has 1 fully saturated rings. The molecule has 1 aliphatic carbocycles. The van der Waals surface area contributed by atoms with Crippen molar-refractivity contribution in [2.24, 2.45) is 0 Å². The van der Waals surface area contributed by atoms with Gasteiger partial charge >= 0.3 is 6.09 Å². The quantitative estimate of drug-likeness (QED) is 0.894. The Labute approximate surface area is 149 Å². The van der Waals surface area contributed by atoms with Crippen LogP contribution in [0.5, 0.6) is 0 Å². The van der Waals surface area contributed by atoms with Crippen LogP contribution in [0.25, 0.3) is 11.1 Å². The van der Waals surface area contributed by atoms with Gasteiger partial charge in [0.1, 0.15) is 5.82 Å². The summed E-state index contributed by atoms with van der Waals surface area (Å²) >= 11 is 0. The molecule has 1 saturated carbocycles. The SMILES string of the molecule is CC(=O)N1c2cc(F)c(-c3cnn(C4CC4)c3)cc2N(C(=O)O)C[C@@H]1C. The van der Waals surface area contributed by atoms with E-state index in [1.165, 1.54) is 24.0 Å². The van der Waals surface area contributed by atoms with E-state index in [4.69, 9.17) is 0 Å². The molecule has 1 atom stereocenters. The van der Waals surface area contributed by atoms with Crippen LogP contribution in [0.15, 0.2) is 24.5 Å². The minimum absolute atomic E-state index is 0.133. The van der Waals surface area contributed by atoms with Gasteiger partial charge in [-0.05, 0) is 25.8 Å². The Morgan fingerprint density at radius 1 is 1.27 bits per heavy atom. The van der Waals surface area contributed by atoms with Gasteiger partial charge in [0.25, 0.3) is 0 Å². The number of rotatable bonds is 2. The van der Waals surface area contributed by atoms with Crippen molar-refractivity contribution < 1.29 is 19.1 Å². The van der Waals surface area contributed by atoms with E-state index in [2.05, 4.69) is 5.10 Å². The van der Waals surface area contributed by atoms with Crippen molar-refractivity contribution in [2.45, 2.75) is 38.8 Å². The monoisotopic (exact) mass is 358 g/mol. The zero-order chi connectivity index (χ0) is 18.6. The van der Waals surface area contributed by atoms with Crippen molar-refractivity contribution >= 4 is 23.4 Å². The highest BCUT2D eigenvalue weighted by molar-refractivity contribution is 6.02. The minimum atomic E-state index is -1.13. The third-order valence-corrected chi connectivity index (χ3v) is 4.91. The molecule has 26 heavy (non-hydrogen) atoms. The van der Waals surface area contributed by atoms with E-state index in [1.54, 1.807) is 19.3 Å². The molecule has 0 saturated heterocycles. The Hall–Kier alpha value is -2.90. The van der Waals surface area contributed by atoms with Gasteiger partial charge in [-0.15, -0.1) is 0 Å². The van der Waals surface area contributed by atoms with Gasteiger partial charge in [-0.25, -0.2) is 9.18 Å². The number of carboxylic acid groups (broad SMARTS) is 1. The van der Waals surface area contributed by atoms with Gasteiger partial charge < -0.3 is 10.0 Å². The molecule has 2 aliphatic rings. The predicted molar refractivity (Wildman–Crippen MR) is 93.9 cm³/mol. The van der Waals surface area contributed by atoms with E-state index in [9.17, 15) is 19.1 Å². The number of amides is 2. The summed E-state index contributed by atoms with van der Waals surface area (Å²) in [5.41, 5.74) is 1.45. The van der Waals surface area contributed by atoms with E-state index in [0.29, 0.717) is 17.3 Å². The fraction of sp³-hybridized carbons (Fsp3) is 0.389. The topological polar surface area (TPSA) is 78.7 Å². The van der Waals surface area contributed by atoms with Gasteiger partial charge in [-0.1, -0.05) is 0 Å². The first-order valence-corrected chi connectivity index (χ1v) is 8.55. The lowest BCUT2D eigenvalue weighted by atomic mass is 10.0. The maximum Gasteiger partial charge on any atom is 0.411 e. The lowest BCUT2D eigenvalue weighted by Gasteiger charge is -2.39. The number of halogens is 1. The van der Waals surface area contributed by atoms with Gasteiger partial charge in [-0.3, -0.25) is 14.4 Å². The summed E-state index contributed by atoms with van der Waals surface area (Å²) in [7, 11) is 0. The van der Waals surface area contributed by atoms with Crippen molar-refractivity contribution in [2.75, 3.05) is 16.3 Å². The molecular formula is C18H19FN4O3. The first kappa shape index (κ1) is 16.6. The second kappa shape index (κ2) is 5.82. The molecule has 0 bridgehead atoms. The Kier molecular flexibility index (Phi) is 3.71. The minimum Gasteiger partial charge on any atom is -0.465 e. The molecule has 4 rings (SSSR count). The lowest BCUT2D eigenvalue weighted by Crippen LogP contribution is -2.51. The molecule has 2 heterocycles. The molecule has 0 unspecified atom stereocenters. The molecule has 7 nitrogen and oxygen atoms in total. The molecular weight excluding hydrogens is 339 g/mol. The number of hydrogen-bond donors (Lipinski definition) is 1. The van der Waals surface area contributed by atoms with E-state index in [1.807, 2.05) is 4.68 Å². The third-order valence-electron chi connectivity index (χ3n) is 4.91. The summed E-state index contributed by atoms with van der Waals surface area (Å²) in [6.45, 7) is 3.27. The summed E-state index contributed by atoms with van der Waals surface area (Å²) in [4.78, 5) is 26.3. The number of carbonyl (C=O) groups is 2. The molecule has 136 valence electrons. The number of aromatic nitrogens is 2. The van der Waals surface area contributed by atoms with Crippen molar-refractivity contribution in [3.8, 4) is 11.1 Å². The molecule has 0 spiro atoms. The lowest BCUT2D eigenvalue weighted by molar-refractivity contribution is -0.117. The molecule has 1 aromatic carbocycles. The molecule has 0 radical (unpaired) electrons. The van der Waals surface area contributed by atoms with Crippen molar-refractivity contribution in [3.63, 3.8) is 0 Å². The van der Waals surface area contributed by atoms with Crippen LogP contribution in [0, 0.1) is 5.82 Å². The van der Waals surface area contributed by atoms with E-state index < -0.39 is 11.9 Å². The Bertz CT molecular complexity index is 906. The molecule has 1 aliphatic heterocycles. The zero-order valence-electron chi connectivity index (χ0n) is 14.5.